The number of allylic oxidation sites excluding steroid dienone is 2. The summed E-state index contributed by atoms with van der Waals surface area (Å²) in [5, 5.41) is 0. The van der Waals surface area contributed by atoms with Gasteiger partial charge in [0.15, 0.2) is 0 Å². The predicted molar refractivity (Wildman–Crippen MR) is 69.4 cm³/mol. The molecule has 0 aromatic heterocycles. The second kappa shape index (κ2) is 2.53. The molecule has 0 heterocycles. The first-order valence-electron chi connectivity index (χ1n) is 7.19. The monoisotopic (exact) mass is 222 g/mol. The molecular formula is C17H18. The Bertz CT molecular complexity index is 524. The van der Waals surface area contributed by atoms with Crippen LogP contribution in [0.3, 0.4) is 0 Å². The van der Waals surface area contributed by atoms with Crippen molar-refractivity contribution in [2.75, 3.05) is 0 Å². The average molecular weight is 222 g/mol. The molecule has 1 aromatic rings. The smallest absolute Gasteiger partial charge is 0.00331 e. The fraction of sp³-hybridized carbons (Fsp3) is 0.529. The molecule has 1 unspecified atom stereocenters. The zero-order valence-corrected chi connectivity index (χ0v) is 10.2. The van der Waals surface area contributed by atoms with Crippen LogP contribution >= 0.6 is 0 Å². The van der Waals surface area contributed by atoms with Gasteiger partial charge in [-0.15, -0.1) is 0 Å². The zero-order chi connectivity index (χ0) is 11.1. The molecular weight excluding hydrogens is 204 g/mol. The van der Waals surface area contributed by atoms with Crippen molar-refractivity contribution in [3.8, 4) is 0 Å². The maximum absolute atomic E-state index is 2.34. The lowest BCUT2D eigenvalue weighted by molar-refractivity contribution is 0.319. The molecule has 17 heavy (non-hydrogen) atoms. The Hall–Kier alpha value is -1.04. The van der Waals surface area contributed by atoms with Crippen LogP contribution in [0.25, 0.3) is 5.57 Å². The van der Waals surface area contributed by atoms with E-state index in [-0.39, 0.29) is 0 Å². The van der Waals surface area contributed by atoms with Crippen molar-refractivity contribution >= 4 is 5.57 Å². The molecule has 4 aliphatic rings. The molecule has 0 saturated heterocycles. The van der Waals surface area contributed by atoms with Crippen LogP contribution in [0.15, 0.2) is 35.9 Å². The van der Waals surface area contributed by atoms with E-state index in [4.69, 9.17) is 0 Å². The van der Waals surface area contributed by atoms with E-state index in [1.807, 2.05) is 5.57 Å². The largest absolute Gasteiger partial charge is 0.0622 e. The van der Waals surface area contributed by atoms with Crippen molar-refractivity contribution in [3.05, 3.63) is 41.5 Å². The average Bonchev–Trinajstić information content (AvgIpc) is 3.16. The fourth-order valence-corrected chi connectivity index (χ4v) is 5.24. The number of hydrogen-bond acceptors (Lipinski definition) is 0. The molecule has 4 aliphatic carbocycles. The van der Waals surface area contributed by atoms with Gasteiger partial charge < -0.3 is 0 Å². The van der Waals surface area contributed by atoms with E-state index in [9.17, 15) is 0 Å². The molecule has 0 radical (unpaired) electrons. The summed E-state index contributed by atoms with van der Waals surface area (Å²) in [6.45, 7) is 0. The van der Waals surface area contributed by atoms with Crippen molar-refractivity contribution in [3.63, 3.8) is 0 Å². The topological polar surface area (TPSA) is 0 Å². The van der Waals surface area contributed by atoms with Crippen LogP contribution < -0.4 is 0 Å². The minimum absolute atomic E-state index is 0.646. The molecule has 1 atom stereocenters. The Balaban J connectivity index is 1.69. The van der Waals surface area contributed by atoms with E-state index in [0.29, 0.717) is 5.41 Å². The highest BCUT2D eigenvalue weighted by molar-refractivity contribution is 5.90. The van der Waals surface area contributed by atoms with Crippen LogP contribution in [0, 0.1) is 16.7 Å². The first-order chi connectivity index (χ1) is 8.39. The standard InChI is InChI=1S/C17H18/c1-2-6-12(7-3-1)13-14-15(17(14)10-11-17)16(13)8-4-5-9-16/h1-3,6-7,15H,4-5,8-11H2. The predicted octanol–water partition coefficient (Wildman–Crippen LogP) is 4.42. The molecule has 0 nitrogen and oxygen atoms in total. The van der Waals surface area contributed by atoms with E-state index in [1.165, 1.54) is 38.5 Å². The summed E-state index contributed by atoms with van der Waals surface area (Å²) in [4.78, 5) is 0. The molecule has 0 aliphatic heterocycles. The Morgan fingerprint density at radius 1 is 0.824 bits per heavy atom. The van der Waals surface area contributed by atoms with Gasteiger partial charge in [0.05, 0.1) is 0 Å². The summed E-state index contributed by atoms with van der Waals surface area (Å²) in [7, 11) is 0. The molecule has 0 amide bonds. The lowest BCUT2D eigenvalue weighted by Gasteiger charge is -2.39. The third-order valence-electron chi connectivity index (χ3n) is 5.96. The lowest BCUT2D eigenvalue weighted by Crippen LogP contribution is -2.28. The van der Waals surface area contributed by atoms with Crippen LogP contribution in [-0.2, 0) is 0 Å². The Kier molecular flexibility index (Phi) is 1.33. The fourth-order valence-electron chi connectivity index (χ4n) is 5.24. The summed E-state index contributed by atoms with van der Waals surface area (Å²) in [6, 6.07) is 11.2. The summed E-state index contributed by atoms with van der Waals surface area (Å²) < 4.78 is 0. The quantitative estimate of drug-likeness (QED) is 0.659. The minimum atomic E-state index is 0.646. The van der Waals surface area contributed by atoms with Crippen molar-refractivity contribution in [1.29, 1.82) is 0 Å². The van der Waals surface area contributed by atoms with Gasteiger partial charge in [-0.1, -0.05) is 48.7 Å². The first-order valence-corrected chi connectivity index (χ1v) is 7.19. The number of rotatable bonds is 1. The van der Waals surface area contributed by atoms with Crippen LogP contribution in [-0.4, -0.2) is 0 Å². The summed E-state index contributed by atoms with van der Waals surface area (Å²) in [5.74, 6) is 1.03. The van der Waals surface area contributed by atoms with E-state index in [0.717, 1.165) is 11.3 Å². The van der Waals surface area contributed by atoms with Crippen LogP contribution in [0.2, 0.25) is 0 Å². The molecule has 0 heteroatoms. The second-order valence-corrected chi connectivity index (χ2v) is 6.61. The van der Waals surface area contributed by atoms with Gasteiger partial charge in [-0.25, -0.2) is 0 Å². The van der Waals surface area contributed by atoms with Crippen LogP contribution in [0.4, 0.5) is 0 Å². The van der Waals surface area contributed by atoms with E-state index < -0.39 is 0 Å². The zero-order valence-electron chi connectivity index (χ0n) is 10.2. The number of hydrogen-bond donors (Lipinski definition) is 0. The van der Waals surface area contributed by atoms with Gasteiger partial charge in [-0.3, -0.25) is 0 Å². The molecule has 0 N–H and O–H groups in total. The summed E-state index contributed by atoms with van der Waals surface area (Å²) >= 11 is 0. The van der Waals surface area contributed by atoms with Gasteiger partial charge in [0.25, 0.3) is 0 Å². The van der Waals surface area contributed by atoms with Crippen molar-refractivity contribution in [1.82, 2.24) is 0 Å². The van der Waals surface area contributed by atoms with E-state index in [1.54, 1.807) is 11.1 Å². The summed E-state index contributed by atoms with van der Waals surface area (Å²) in [6.07, 6.45) is 8.91. The van der Waals surface area contributed by atoms with Crippen molar-refractivity contribution < 1.29 is 0 Å². The molecule has 0 bridgehead atoms. The Morgan fingerprint density at radius 3 is 2.18 bits per heavy atom. The third-order valence-corrected chi connectivity index (χ3v) is 5.96. The normalized spacial score (nSPS) is 33.8. The molecule has 3 saturated carbocycles. The van der Waals surface area contributed by atoms with E-state index >= 15 is 0 Å². The molecule has 2 spiro atoms. The highest BCUT2D eigenvalue weighted by atomic mass is 14.8. The van der Waals surface area contributed by atoms with Crippen molar-refractivity contribution in [2.45, 2.75) is 38.5 Å². The van der Waals surface area contributed by atoms with Crippen LogP contribution in [0.5, 0.6) is 0 Å². The maximum atomic E-state index is 2.34. The third kappa shape index (κ3) is 0.832. The van der Waals surface area contributed by atoms with Crippen molar-refractivity contribution in [2.24, 2.45) is 16.7 Å². The first kappa shape index (κ1) is 8.97. The van der Waals surface area contributed by atoms with Gasteiger partial charge >= 0.3 is 0 Å². The minimum Gasteiger partial charge on any atom is -0.0622 e. The molecule has 86 valence electrons. The van der Waals surface area contributed by atoms with Gasteiger partial charge in [-0.2, -0.15) is 0 Å². The maximum Gasteiger partial charge on any atom is 0.00331 e. The van der Waals surface area contributed by atoms with Gasteiger partial charge in [0.2, 0.25) is 0 Å². The van der Waals surface area contributed by atoms with Gasteiger partial charge in [0.1, 0.15) is 0 Å². The highest BCUT2D eigenvalue weighted by Gasteiger charge is 2.81. The Labute approximate surface area is 103 Å². The lowest BCUT2D eigenvalue weighted by atomic mass is 9.64. The Morgan fingerprint density at radius 2 is 1.53 bits per heavy atom. The highest BCUT2D eigenvalue weighted by Crippen LogP contribution is 2.91. The second-order valence-electron chi connectivity index (χ2n) is 6.61. The van der Waals surface area contributed by atoms with E-state index in [2.05, 4.69) is 30.3 Å². The number of benzene rings is 1. The van der Waals surface area contributed by atoms with Crippen LogP contribution in [0.1, 0.15) is 44.1 Å². The number of fused-ring (bicyclic) bond motifs is 4. The molecule has 5 rings (SSSR count). The summed E-state index contributed by atoms with van der Waals surface area (Å²) in [5.41, 5.74) is 6.65. The SMILES string of the molecule is c1ccc(C2=C3C(C24CCCC4)C32CC2)cc1. The van der Waals surface area contributed by atoms with Gasteiger partial charge in [0, 0.05) is 11.3 Å². The molecule has 3 fully saturated rings. The van der Waals surface area contributed by atoms with Gasteiger partial charge in [-0.05, 0) is 42.2 Å². The molecule has 1 aromatic carbocycles.